The number of allylic oxidation sites excluding steroid dienone is 5. The number of carbonyl (C=O) groups excluding carboxylic acids is 4. The van der Waals surface area contributed by atoms with Crippen LogP contribution in [0.5, 0.6) is 0 Å². The number of nitrogens with two attached hydrogens (primary N) is 1. The number of piperidine rings is 1. The second kappa shape index (κ2) is 26.7. The van der Waals surface area contributed by atoms with Crippen molar-refractivity contribution < 1.29 is 62.5 Å². The van der Waals surface area contributed by atoms with E-state index in [1.54, 1.807) is 35.4 Å². The minimum absolute atomic E-state index is 0.0716. The summed E-state index contributed by atoms with van der Waals surface area (Å²) in [6.07, 6.45) is 12.6. The fourth-order valence-corrected chi connectivity index (χ4v) is 10.6. The molecule has 1 amide bonds. The Balaban J connectivity index is 1.74. The maximum absolute atomic E-state index is 14.5. The second-order valence-corrected chi connectivity index (χ2v) is 19.9. The number of amides is 1. The molecule has 1 aliphatic carbocycles. The number of nitrogens with zero attached hydrogens (tertiary/aromatic N) is 1. The van der Waals surface area contributed by atoms with Crippen molar-refractivity contribution in [3.8, 4) is 0 Å². The van der Waals surface area contributed by atoms with Crippen molar-refractivity contribution in [2.45, 2.75) is 185 Å². The fraction of sp³-hybridized carbons (Fsp3) is 0.769. The number of fused-ring (bicyclic) bond motifs is 3. The molecule has 4 N–H and O–H groups in total. The van der Waals surface area contributed by atoms with Gasteiger partial charge in [0.15, 0.2) is 5.78 Å². The van der Waals surface area contributed by atoms with Gasteiger partial charge in [0.25, 0.3) is 11.7 Å². The molecule has 0 aromatic carbocycles. The van der Waals surface area contributed by atoms with Gasteiger partial charge in [0.05, 0.1) is 30.5 Å². The first-order chi connectivity index (χ1) is 31.8. The number of cyclic esters (lactones) is 1. The van der Waals surface area contributed by atoms with Crippen molar-refractivity contribution in [1.29, 1.82) is 0 Å². The van der Waals surface area contributed by atoms with Gasteiger partial charge in [-0.1, -0.05) is 64.2 Å². The number of ether oxygens (including phenoxy) is 7. The van der Waals surface area contributed by atoms with E-state index in [0.29, 0.717) is 64.2 Å². The van der Waals surface area contributed by atoms with Gasteiger partial charge in [-0.15, -0.1) is 0 Å². The van der Waals surface area contributed by atoms with Crippen LogP contribution in [0, 0.1) is 29.6 Å². The van der Waals surface area contributed by atoms with Gasteiger partial charge >= 0.3 is 5.97 Å². The first-order valence-corrected chi connectivity index (χ1v) is 24.6. The Bertz CT molecular complexity index is 1750. The van der Waals surface area contributed by atoms with E-state index in [2.05, 4.69) is 13.0 Å². The van der Waals surface area contributed by atoms with Crippen molar-refractivity contribution in [1.82, 2.24) is 4.90 Å². The Labute approximate surface area is 400 Å². The van der Waals surface area contributed by atoms with Crippen LogP contribution in [0.1, 0.15) is 119 Å². The summed E-state index contributed by atoms with van der Waals surface area (Å²) in [5, 5.41) is 22.5. The third kappa shape index (κ3) is 14.9. The van der Waals surface area contributed by atoms with E-state index < -0.39 is 84.2 Å². The highest BCUT2D eigenvalue weighted by molar-refractivity contribution is 6.39. The molecule has 2 bridgehead atoms. The molecule has 3 fully saturated rings. The number of hydrogen-bond acceptors (Lipinski definition) is 14. The standard InChI is InChI=1S/C52H84N2O13/c1-31-17-13-12-14-18-32(2)42(61-7)29-38-22-20-36(6)52(60,67-38)49(57)50(58)54-24-16-15-19-40(54)51(59)66-44(39(53)27-37-21-23-41(55)45(28-37)63-9)30-43(62-8)33(3)26-35(5)47(64-10)48(65-11)46(56)34(4)25-31/h12-14,17-18,26,31,33-34,36-45,47-48,55,60H,15-16,19-25,27-30,53H2,1-11H3/b14-12?,17-13+,32-18?,35-26+/t31-,33-,34-,36-,37+,38+,39-,40+,41-,42+,43-,44+,45-,47-,48+,52-/m1/s1. The monoisotopic (exact) mass is 945 g/mol. The molecule has 380 valence electrons. The first kappa shape index (κ1) is 56.5. The lowest BCUT2D eigenvalue weighted by Gasteiger charge is -2.43. The Kier molecular flexibility index (Phi) is 22.5. The predicted octanol–water partition coefficient (Wildman–Crippen LogP) is 5.97. The molecule has 2 saturated heterocycles. The molecule has 0 aromatic rings. The summed E-state index contributed by atoms with van der Waals surface area (Å²) in [6.45, 7) is 11.6. The van der Waals surface area contributed by atoms with Crippen LogP contribution in [0.3, 0.4) is 0 Å². The lowest BCUT2D eigenvalue weighted by atomic mass is 9.80. The number of aliphatic hydroxyl groups is 2. The van der Waals surface area contributed by atoms with Crippen molar-refractivity contribution in [2.75, 3.05) is 42.1 Å². The molecule has 0 aromatic heterocycles. The smallest absolute Gasteiger partial charge is 0.329 e. The first-order valence-electron chi connectivity index (χ1n) is 24.6. The van der Waals surface area contributed by atoms with E-state index in [-0.39, 0.29) is 54.9 Å². The van der Waals surface area contributed by atoms with Gasteiger partial charge in [0, 0.05) is 78.7 Å². The summed E-state index contributed by atoms with van der Waals surface area (Å²) < 4.78 is 41.9. The highest BCUT2D eigenvalue weighted by atomic mass is 16.6. The van der Waals surface area contributed by atoms with Gasteiger partial charge in [-0.2, -0.15) is 0 Å². The van der Waals surface area contributed by atoms with Gasteiger partial charge in [-0.3, -0.25) is 14.4 Å². The normalized spacial score (nSPS) is 39.4. The number of aliphatic hydroxyl groups excluding tert-OH is 1. The van der Waals surface area contributed by atoms with E-state index in [0.717, 1.165) is 11.1 Å². The van der Waals surface area contributed by atoms with E-state index in [4.69, 9.17) is 38.9 Å². The molecule has 1 saturated carbocycles. The number of ketones is 2. The molecule has 16 atom stereocenters. The molecule has 0 radical (unpaired) electrons. The number of Topliss-reactive ketones (excluding diaryl/α,β-unsaturated/α-hetero) is 2. The zero-order chi connectivity index (χ0) is 49.6. The number of methoxy groups -OCH3 is 5. The topological polar surface area (TPSA) is 203 Å². The quantitative estimate of drug-likeness (QED) is 0.146. The highest BCUT2D eigenvalue weighted by Crippen LogP contribution is 2.37. The fourth-order valence-electron chi connectivity index (χ4n) is 10.6. The van der Waals surface area contributed by atoms with Gasteiger partial charge in [0.1, 0.15) is 24.4 Å². The van der Waals surface area contributed by atoms with Crippen LogP contribution in [0.25, 0.3) is 0 Å². The summed E-state index contributed by atoms with van der Waals surface area (Å²) in [7, 11) is 7.82. The zero-order valence-electron chi connectivity index (χ0n) is 42.2. The van der Waals surface area contributed by atoms with Crippen LogP contribution in [-0.2, 0) is 52.3 Å². The number of carbonyl (C=O) groups is 4. The van der Waals surface area contributed by atoms with Crippen molar-refractivity contribution in [2.24, 2.45) is 35.3 Å². The van der Waals surface area contributed by atoms with Crippen molar-refractivity contribution in [3.05, 3.63) is 47.6 Å². The zero-order valence-corrected chi connectivity index (χ0v) is 42.2. The van der Waals surface area contributed by atoms with Crippen LogP contribution in [0.15, 0.2) is 47.6 Å². The summed E-state index contributed by atoms with van der Waals surface area (Å²) in [6, 6.07) is -1.78. The largest absolute Gasteiger partial charge is 0.459 e. The molecular formula is C52H84N2O13. The van der Waals surface area contributed by atoms with Crippen LogP contribution in [0.4, 0.5) is 0 Å². The minimum Gasteiger partial charge on any atom is -0.459 e. The van der Waals surface area contributed by atoms with E-state index in [9.17, 15) is 29.4 Å². The Morgan fingerprint density at radius 3 is 2.15 bits per heavy atom. The summed E-state index contributed by atoms with van der Waals surface area (Å²) in [4.78, 5) is 58.3. The number of esters is 1. The maximum Gasteiger partial charge on any atom is 0.329 e. The third-order valence-corrected chi connectivity index (χ3v) is 14.9. The second-order valence-electron chi connectivity index (χ2n) is 19.9. The SMILES string of the molecule is CO[C@H]1C[C@@H]2CC[C@@H](C)[C@@](O)(O2)C(=O)C(=O)N2CCCC[C@H]2C(=O)O[C@H]([C@H](N)C[C@@H]2CC[C@@H](O)[C@H](OC)C2)C[C@@H](OC)[C@H](C)/C=C(\C)[C@@H](OC)[C@@H](OC)C(=O)[C@H](C)C[C@H](C)/C=C/C=CC=C1C. The van der Waals surface area contributed by atoms with E-state index in [1.807, 2.05) is 58.1 Å². The average Bonchev–Trinajstić information content (AvgIpc) is 3.31. The molecule has 0 spiro atoms. The van der Waals surface area contributed by atoms with Crippen LogP contribution < -0.4 is 5.73 Å². The summed E-state index contributed by atoms with van der Waals surface area (Å²) >= 11 is 0. The van der Waals surface area contributed by atoms with Gasteiger partial charge in [-0.05, 0) is 101 Å². The molecule has 3 heterocycles. The molecule has 4 rings (SSSR count). The lowest BCUT2D eigenvalue weighted by molar-refractivity contribution is -0.265. The van der Waals surface area contributed by atoms with Gasteiger partial charge < -0.3 is 54.0 Å². The number of hydrogen-bond donors (Lipinski definition) is 3. The van der Waals surface area contributed by atoms with Crippen molar-refractivity contribution >= 4 is 23.4 Å². The van der Waals surface area contributed by atoms with Crippen LogP contribution >= 0.6 is 0 Å². The van der Waals surface area contributed by atoms with Gasteiger partial charge in [-0.25, -0.2) is 4.79 Å². The molecule has 0 unspecified atom stereocenters. The molecule has 4 aliphatic rings. The molecular weight excluding hydrogens is 861 g/mol. The van der Waals surface area contributed by atoms with Crippen LogP contribution in [0.2, 0.25) is 0 Å². The lowest BCUT2D eigenvalue weighted by Crippen LogP contribution is -2.61. The van der Waals surface area contributed by atoms with Gasteiger partial charge in [0.2, 0.25) is 5.79 Å². The summed E-state index contributed by atoms with van der Waals surface area (Å²) in [5.41, 5.74) is 8.69. The maximum atomic E-state index is 14.5. The van der Waals surface area contributed by atoms with E-state index >= 15 is 0 Å². The number of rotatable bonds is 8. The Morgan fingerprint density at radius 1 is 0.791 bits per heavy atom. The Hall–Kier alpha value is -3.12. The van der Waals surface area contributed by atoms with E-state index in [1.165, 1.54) is 12.0 Å². The van der Waals surface area contributed by atoms with Crippen molar-refractivity contribution in [3.63, 3.8) is 0 Å². The summed E-state index contributed by atoms with van der Waals surface area (Å²) in [5.74, 6) is -6.46. The van der Waals surface area contributed by atoms with Crippen LogP contribution in [-0.4, -0.2) is 147 Å². The average molecular weight is 945 g/mol. The third-order valence-electron chi connectivity index (χ3n) is 14.9. The molecule has 67 heavy (non-hydrogen) atoms. The molecule has 3 aliphatic heterocycles. The predicted molar refractivity (Wildman–Crippen MR) is 255 cm³/mol. The molecule has 15 nitrogen and oxygen atoms in total. The highest BCUT2D eigenvalue weighted by Gasteiger charge is 2.53. The molecule has 15 heteroatoms. The Morgan fingerprint density at radius 2 is 1.49 bits per heavy atom. The minimum atomic E-state index is -2.41.